The number of fused-ring (bicyclic) bond motifs is 1. The van der Waals surface area contributed by atoms with Gasteiger partial charge in [-0.2, -0.15) is 9.97 Å². The Labute approximate surface area is 232 Å². The molecule has 4 N–H and O–H groups in total. The van der Waals surface area contributed by atoms with Crippen LogP contribution in [0.2, 0.25) is 0 Å². The summed E-state index contributed by atoms with van der Waals surface area (Å²) in [4.78, 5) is 45.6. The van der Waals surface area contributed by atoms with Gasteiger partial charge in [0.1, 0.15) is 37.5 Å². The molecular weight excluding hydrogens is 528 g/mol. The molecule has 0 bridgehead atoms. The van der Waals surface area contributed by atoms with E-state index in [-0.39, 0.29) is 64.8 Å². The summed E-state index contributed by atoms with van der Waals surface area (Å²) in [6.45, 7) is 1.72. The Kier molecular flexibility index (Phi) is 12.0. The van der Waals surface area contributed by atoms with Crippen LogP contribution in [0.4, 0.5) is 23.5 Å². The molecule has 2 aromatic rings. The summed E-state index contributed by atoms with van der Waals surface area (Å²) >= 11 is 0. The third-order valence-electron chi connectivity index (χ3n) is 6.32. The summed E-state index contributed by atoms with van der Waals surface area (Å²) in [5.74, 6) is 1.23. The highest BCUT2D eigenvalue weighted by molar-refractivity contribution is 5.95. The van der Waals surface area contributed by atoms with Crippen LogP contribution in [-0.2, 0) is 19.4 Å². The van der Waals surface area contributed by atoms with Crippen LogP contribution in [0.3, 0.4) is 0 Å². The zero-order valence-corrected chi connectivity index (χ0v) is 22.7. The average molecular weight is 569 g/mol. The van der Waals surface area contributed by atoms with Crippen molar-refractivity contribution in [2.75, 3.05) is 99.3 Å². The lowest BCUT2D eigenvalue weighted by molar-refractivity contribution is -0.106. The van der Waals surface area contributed by atoms with E-state index in [1.807, 2.05) is 0 Å². The van der Waals surface area contributed by atoms with Crippen molar-refractivity contribution in [3.63, 3.8) is 0 Å². The summed E-state index contributed by atoms with van der Waals surface area (Å²) < 4.78 is 0. The van der Waals surface area contributed by atoms with Crippen LogP contribution in [0.15, 0.2) is 0 Å². The van der Waals surface area contributed by atoms with Gasteiger partial charge in [0.15, 0.2) is 11.6 Å². The predicted molar refractivity (Wildman–Crippen MR) is 144 cm³/mol. The molecule has 4 heterocycles. The Morgan fingerprint density at radius 2 is 0.825 bits per heavy atom. The second-order valence-electron chi connectivity index (χ2n) is 9.23. The molecule has 2 aromatic heterocycles. The number of nitrogens with zero attached hydrogens (tertiary/aromatic N) is 8. The van der Waals surface area contributed by atoms with Crippen LogP contribution in [0, 0.1) is 0 Å². The van der Waals surface area contributed by atoms with Crippen LogP contribution >= 0.6 is 0 Å². The van der Waals surface area contributed by atoms with Crippen molar-refractivity contribution in [2.45, 2.75) is 38.5 Å². The lowest BCUT2D eigenvalue weighted by Crippen LogP contribution is -2.35. The number of hydrogen-bond donors (Lipinski definition) is 4. The van der Waals surface area contributed by atoms with E-state index in [0.717, 1.165) is 75.2 Å². The normalized spacial score (nSPS) is 16.1. The predicted octanol–water partition coefficient (Wildman–Crippen LogP) is -0.291. The Balaban J connectivity index is 1.90. The third kappa shape index (κ3) is 7.73. The molecule has 0 spiro atoms. The van der Waals surface area contributed by atoms with Crippen molar-refractivity contribution in [3.05, 3.63) is 0 Å². The van der Waals surface area contributed by atoms with Crippen molar-refractivity contribution in [2.24, 2.45) is 0 Å². The van der Waals surface area contributed by atoms with E-state index in [2.05, 4.69) is 9.80 Å². The zero-order chi connectivity index (χ0) is 28.2. The van der Waals surface area contributed by atoms with Gasteiger partial charge in [0.25, 0.3) is 11.9 Å². The van der Waals surface area contributed by atoms with E-state index in [1.54, 1.807) is 0 Å². The molecule has 0 unspecified atom stereocenters. The minimum absolute atomic E-state index is 0.0698. The molecule has 2 aliphatic heterocycles. The molecule has 2 saturated heterocycles. The molecule has 16 nitrogen and oxygen atoms in total. The number of aromatic nitrogens is 4. The van der Waals surface area contributed by atoms with Gasteiger partial charge in [0, 0.05) is 26.2 Å². The van der Waals surface area contributed by atoms with E-state index in [1.165, 1.54) is 0 Å². The van der Waals surface area contributed by atoms with Crippen molar-refractivity contribution in [1.29, 1.82) is 0 Å². The van der Waals surface area contributed by atoms with Crippen LogP contribution < -0.4 is 20.3 Å². The smallest absolute Gasteiger partial charge is 0.280 e. The first kappa shape index (κ1) is 30.3. The lowest BCUT2D eigenvalue weighted by Gasteiger charge is -2.32. The van der Waals surface area contributed by atoms with Gasteiger partial charge in [0.2, 0.25) is 0 Å². The Hall–Kier alpha value is -2.70. The number of piperidine rings is 2. The molecule has 0 radical (unpaired) electrons. The average Bonchev–Trinajstić information content (AvgIpc) is 3.01. The fraction of sp³-hybridized carbons (Fsp3) is 0.750. The molecule has 16 heteroatoms. The fourth-order valence-electron chi connectivity index (χ4n) is 4.58. The summed E-state index contributed by atoms with van der Waals surface area (Å²) in [5.41, 5.74) is 0.927. The molecule has 2 fully saturated rings. The van der Waals surface area contributed by atoms with Crippen LogP contribution in [0.5, 0.6) is 0 Å². The number of hydrogen-bond acceptors (Lipinski definition) is 16. The SMILES string of the molecule is OCCON(OCCO)c1nc(N2CCCCC2)c2nc(N(OCCO)OCCO)nc(N3CCCCC3)c2n1. The van der Waals surface area contributed by atoms with E-state index in [9.17, 15) is 20.4 Å². The van der Waals surface area contributed by atoms with Gasteiger partial charge < -0.3 is 30.2 Å². The summed E-state index contributed by atoms with van der Waals surface area (Å²) in [7, 11) is 0. The highest BCUT2D eigenvalue weighted by Gasteiger charge is 2.28. The first-order chi connectivity index (χ1) is 19.7. The van der Waals surface area contributed by atoms with Crippen LogP contribution in [0.25, 0.3) is 11.0 Å². The fourth-order valence-corrected chi connectivity index (χ4v) is 4.58. The number of anilines is 4. The largest absolute Gasteiger partial charge is 0.394 e. The zero-order valence-electron chi connectivity index (χ0n) is 22.7. The highest BCUT2D eigenvalue weighted by atomic mass is 17.0. The first-order valence-corrected chi connectivity index (χ1v) is 13.8. The molecule has 0 atom stereocenters. The first-order valence-electron chi connectivity index (χ1n) is 13.8. The van der Waals surface area contributed by atoms with Gasteiger partial charge in [-0.05, 0) is 38.5 Å². The maximum atomic E-state index is 9.35. The van der Waals surface area contributed by atoms with Crippen LogP contribution in [0.1, 0.15) is 38.5 Å². The van der Waals surface area contributed by atoms with Gasteiger partial charge in [-0.3, -0.25) is 0 Å². The number of aliphatic hydroxyl groups excluding tert-OH is 4. The maximum Gasteiger partial charge on any atom is 0.280 e. The van der Waals surface area contributed by atoms with Gasteiger partial charge in [-0.1, -0.05) is 10.5 Å². The minimum Gasteiger partial charge on any atom is -0.394 e. The van der Waals surface area contributed by atoms with Crippen LogP contribution in [-0.4, -0.2) is 119 Å². The van der Waals surface area contributed by atoms with E-state index < -0.39 is 0 Å². The van der Waals surface area contributed by atoms with Gasteiger partial charge >= 0.3 is 0 Å². The second kappa shape index (κ2) is 15.9. The molecular formula is C24H40N8O8. The molecule has 40 heavy (non-hydrogen) atoms. The topological polar surface area (TPSA) is 182 Å². The molecule has 0 amide bonds. The molecule has 4 rings (SSSR count). The van der Waals surface area contributed by atoms with Gasteiger partial charge in [-0.15, -0.1) is 0 Å². The second-order valence-corrected chi connectivity index (χ2v) is 9.23. The molecule has 0 aliphatic carbocycles. The Bertz CT molecular complexity index is 944. The standard InChI is InChI=1S/C24H40N8O8/c33-11-15-37-31(38-16-12-34)23-26-20-19(21(27-23)29-7-3-1-4-8-29)25-24(32(39-17-13-35)40-18-14-36)28-22(20)30-9-5-2-6-10-30/h33-36H,1-18H2. The van der Waals surface area contributed by atoms with Gasteiger partial charge in [0.05, 0.1) is 26.4 Å². The highest BCUT2D eigenvalue weighted by Crippen LogP contribution is 2.35. The van der Waals surface area contributed by atoms with Crippen molar-refractivity contribution in [1.82, 2.24) is 19.9 Å². The van der Waals surface area contributed by atoms with E-state index in [0.29, 0.717) is 22.7 Å². The number of aliphatic hydroxyl groups is 4. The number of rotatable bonds is 16. The quantitative estimate of drug-likeness (QED) is 0.194. The third-order valence-corrected chi connectivity index (χ3v) is 6.32. The monoisotopic (exact) mass is 568 g/mol. The lowest BCUT2D eigenvalue weighted by atomic mass is 10.1. The minimum atomic E-state index is -0.255. The Morgan fingerprint density at radius 1 is 0.500 bits per heavy atom. The summed E-state index contributed by atoms with van der Waals surface area (Å²) in [6.07, 6.45) is 6.14. The van der Waals surface area contributed by atoms with E-state index in [4.69, 9.17) is 39.3 Å². The van der Waals surface area contributed by atoms with Crippen molar-refractivity contribution >= 4 is 34.6 Å². The summed E-state index contributed by atoms with van der Waals surface area (Å²) in [6, 6.07) is 0. The summed E-state index contributed by atoms with van der Waals surface area (Å²) in [5, 5.41) is 39.4. The van der Waals surface area contributed by atoms with Gasteiger partial charge in [-0.25, -0.2) is 29.3 Å². The molecule has 224 valence electrons. The molecule has 0 aromatic carbocycles. The van der Waals surface area contributed by atoms with Crippen molar-refractivity contribution in [3.8, 4) is 0 Å². The molecule has 2 aliphatic rings. The molecule has 0 saturated carbocycles. The maximum absolute atomic E-state index is 9.35. The van der Waals surface area contributed by atoms with E-state index >= 15 is 0 Å². The Morgan fingerprint density at radius 3 is 1.12 bits per heavy atom. The van der Waals surface area contributed by atoms with Crippen molar-refractivity contribution < 1.29 is 39.8 Å².